The van der Waals surface area contributed by atoms with E-state index in [2.05, 4.69) is 14.9 Å². The van der Waals surface area contributed by atoms with Crippen molar-refractivity contribution in [1.29, 1.82) is 0 Å². The van der Waals surface area contributed by atoms with Gasteiger partial charge in [0.1, 0.15) is 0 Å². The summed E-state index contributed by atoms with van der Waals surface area (Å²) in [5.74, 6) is 0.533. The lowest BCUT2D eigenvalue weighted by molar-refractivity contribution is 0.0733. The van der Waals surface area contributed by atoms with Crippen LogP contribution < -0.4 is 4.72 Å². The Morgan fingerprint density at radius 1 is 1.31 bits per heavy atom. The van der Waals surface area contributed by atoms with Gasteiger partial charge in [0.15, 0.2) is 0 Å². The van der Waals surface area contributed by atoms with E-state index in [0.717, 1.165) is 19.4 Å². The Kier molecular flexibility index (Phi) is 4.54. The molecular formula is C18H22N4O3S. The summed E-state index contributed by atoms with van der Waals surface area (Å²) >= 11 is 0. The average Bonchev–Trinajstić information content (AvgIpc) is 3.27. The van der Waals surface area contributed by atoms with Gasteiger partial charge in [-0.25, -0.2) is 13.1 Å². The molecule has 1 aromatic heterocycles. The number of nitrogens with one attached hydrogen (secondary N) is 2. The van der Waals surface area contributed by atoms with Crippen LogP contribution in [0.3, 0.4) is 0 Å². The molecule has 2 fully saturated rings. The van der Waals surface area contributed by atoms with Gasteiger partial charge in [-0.05, 0) is 49.4 Å². The maximum absolute atomic E-state index is 12.9. The first kappa shape index (κ1) is 17.2. The Balaban J connectivity index is 1.51. The third-order valence-corrected chi connectivity index (χ3v) is 6.71. The van der Waals surface area contributed by atoms with Gasteiger partial charge in [0.25, 0.3) is 5.91 Å². The van der Waals surface area contributed by atoms with E-state index < -0.39 is 10.0 Å². The van der Waals surface area contributed by atoms with Crippen LogP contribution >= 0.6 is 0 Å². The number of rotatable bonds is 5. The maximum atomic E-state index is 12.9. The van der Waals surface area contributed by atoms with E-state index in [1.807, 2.05) is 4.90 Å². The molecule has 2 aliphatic rings. The van der Waals surface area contributed by atoms with Gasteiger partial charge in [-0.1, -0.05) is 12.5 Å². The molecule has 1 aliphatic heterocycles. The largest absolute Gasteiger partial charge is 0.335 e. The SMILES string of the molecule is O=C(c1cccc(S(=O)(=O)NCc2ccn[nH]2)c1)N1C[C@@H]2CCC[C@H]1C2. The molecule has 1 aromatic carbocycles. The molecule has 0 unspecified atom stereocenters. The fraction of sp³-hybridized carbons (Fsp3) is 0.444. The summed E-state index contributed by atoms with van der Waals surface area (Å²) in [6.45, 7) is 0.912. The second-order valence-corrected chi connectivity index (χ2v) is 8.85. The lowest BCUT2D eigenvalue weighted by Crippen LogP contribution is -2.35. The Hall–Kier alpha value is -2.19. The Morgan fingerprint density at radius 3 is 2.96 bits per heavy atom. The molecule has 26 heavy (non-hydrogen) atoms. The average molecular weight is 374 g/mol. The highest BCUT2D eigenvalue weighted by molar-refractivity contribution is 7.89. The van der Waals surface area contributed by atoms with Gasteiger partial charge in [-0.15, -0.1) is 0 Å². The van der Waals surface area contributed by atoms with E-state index in [4.69, 9.17) is 0 Å². The van der Waals surface area contributed by atoms with Crippen molar-refractivity contribution in [2.75, 3.05) is 6.54 Å². The van der Waals surface area contributed by atoms with Crippen LogP contribution in [0, 0.1) is 5.92 Å². The Bertz CT molecular complexity index is 895. The zero-order chi connectivity index (χ0) is 18.1. The molecular weight excluding hydrogens is 352 g/mol. The molecule has 0 spiro atoms. The lowest BCUT2D eigenvalue weighted by atomic mass is 9.90. The zero-order valence-electron chi connectivity index (χ0n) is 14.4. The van der Waals surface area contributed by atoms with Crippen LogP contribution in [-0.2, 0) is 16.6 Å². The second-order valence-electron chi connectivity index (χ2n) is 7.08. The van der Waals surface area contributed by atoms with Gasteiger partial charge in [0, 0.05) is 24.3 Å². The predicted octanol–water partition coefficient (Wildman–Crippen LogP) is 1.90. The zero-order valence-corrected chi connectivity index (χ0v) is 15.2. The number of H-pyrrole nitrogens is 1. The van der Waals surface area contributed by atoms with Crippen molar-refractivity contribution < 1.29 is 13.2 Å². The van der Waals surface area contributed by atoms with E-state index in [-0.39, 0.29) is 17.3 Å². The van der Waals surface area contributed by atoms with Crippen LogP contribution in [0.5, 0.6) is 0 Å². The summed E-state index contributed by atoms with van der Waals surface area (Å²) in [6.07, 6.45) is 6.05. The fourth-order valence-electron chi connectivity index (χ4n) is 3.99. The van der Waals surface area contributed by atoms with E-state index >= 15 is 0 Å². The molecule has 2 N–H and O–H groups in total. The minimum atomic E-state index is -3.70. The molecule has 0 radical (unpaired) electrons. The van der Waals surface area contributed by atoms with Gasteiger partial charge < -0.3 is 4.90 Å². The molecule has 2 atom stereocenters. The van der Waals surface area contributed by atoms with Crippen LogP contribution in [0.4, 0.5) is 0 Å². The predicted molar refractivity (Wildman–Crippen MR) is 95.8 cm³/mol. The summed E-state index contributed by atoms with van der Waals surface area (Å²) in [5, 5.41) is 6.50. The number of sulfonamides is 1. The summed E-state index contributed by atoms with van der Waals surface area (Å²) < 4.78 is 27.6. The number of carbonyl (C=O) groups is 1. The Labute approximate surface area is 152 Å². The topological polar surface area (TPSA) is 95.2 Å². The number of fused-ring (bicyclic) bond motifs is 2. The summed E-state index contributed by atoms with van der Waals surface area (Å²) in [6, 6.07) is 8.31. The number of benzene rings is 1. The van der Waals surface area contributed by atoms with Gasteiger partial charge in [-0.3, -0.25) is 9.89 Å². The summed E-state index contributed by atoms with van der Waals surface area (Å²) in [7, 11) is -3.70. The number of hydrogen-bond acceptors (Lipinski definition) is 4. The number of nitrogens with zero attached hydrogens (tertiary/aromatic N) is 2. The van der Waals surface area contributed by atoms with Crippen molar-refractivity contribution >= 4 is 15.9 Å². The minimum Gasteiger partial charge on any atom is -0.335 e. The first-order valence-electron chi connectivity index (χ1n) is 8.92. The summed E-state index contributed by atoms with van der Waals surface area (Å²) in [4.78, 5) is 14.9. The lowest BCUT2D eigenvalue weighted by Gasteiger charge is -2.24. The van der Waals surface area contributed by atoms with Crippen LogP contribution in [0.25, 0.3) is 0 Å². The van der Waals surface area contributed by atoms with Crippen molar-refractivity contribution in [1.82, 2.24) is 19.8 Å². The van der Waals surface area contributed by atoms with Gasteiger partial charge in [0.05, 0.1) is 17.1 Å². The van der Waals surface area contributed by atoms with Crippen LogP contribution in [-0.4, -0.2) is 42.0 Å². The molecule has 7 nitrogen and oxygen atoms in total. The van der Waals surface area contributed by atoms with Crippen LogP contribution in [0.1, 0.15) is 41.7 Å². The van der Waals surface area contributed by atoms with Crippen LogP contribution in [0.15, 0.2) is 41.4 Å². The number of carbonyl (C=O) groups excluding carboxylic acids is 1. The van der Waals surface area contributed by atoms with Crippen molar-refractivity contribution in [3.8, 4) is 0 Å². The molecule has 1 saturated heterocycles. The van der Waals surface area contributed by atoms with Crippen molar-refractivity contribution in [3.63, 3.8) is 0 Å². The highest BCUT2D eigenvalue weighted by atomic mass is 32.2. The first-order valence-corrected chi connectivity index (χ1v) is 10.4. The third-order valence-electron chi connectivity index (χ3n) is 5.31. The summed E-state index contributed by atoms with van der Waals surface area (Å²) in [5.41, 5.74) is 1.10. The van der Waals surface area contributed by atoms with Crippen molar-refractivity contribution in [2.45, 2.75) is 43.2 Å². The molecule has 2 aromatic rings. The number of aromatic nitrogens is 2. The van der Waals surface area contributed by atoms with Crippen LogP contribution in [0.2, 0.25) is 0 Å². The van der Waals surface area contributed by atoms with Gasteiger partial charge in [-0.2, -0.15) is 5.10 Å². The molecule has 2 heterocycles. The molecule has 1 amide bonds. The number of amides is 1. The molecule has 8 heteroatoms. The Morgan fingerprint density at radius 2 is 2.19 bits per heavy atom. The highest BCUT2D eigenvalue weighted by Gasteiger charge is 2.38. The van der Waals surface area contributed by atoms with E-state index in [1.165, 1.54) is 25.0 Å². The van der Waals surface area contributed by atoms with E-state index in [9.17, 15) is 13.2 Å². The standard InChI is InChI=1S/C18H22N4O3S/c23-18(22-12-13-3-1-5-16(22)9-13)14-4-2-6-17(10-14)26(24,25)20-11-15-7-8-19-21-15/h2,4,6-8,10,13,16,20H,1,3,5,9,11-12H2,(H,19,21)/t13-,16+/m1/s1. The number of hydrogen-bond donors (Lipinski definition) is 2. The fourth-order valence-corrected chi connectivity index (χ4v) is 5.04. The van der Waals surface area contributed by atoms with Crippen molar-refractivity contribution in [3.05, 3.63) is 47.8 Å². The quantitative estimate of drug-likeness (QED) is 0.836. The van der Waals surface area contributed by atoms with Crippen molar-refractivity contribution in [2.24, 2.45) is 5.92 Å². The first-order chi connectivity index (χ1) is 12.5. The van der Waals surface area contributed by atoms with E-state index in [1.54, 1.807) is 24.4 Å². The third kappa shape index (κ3) is 3.39. The highest BCUT2D eigenvalue weighted by Crippen LogP contribution is 2.36. The molecule has 4 rings (SSSR count). The van der Waals surface area contributed by atoms with Gasteiger partial charge in [0.2, 0.25) is 10.0 Å². The van der Waals surface area contributed by atoms with E-state index in [0.29, 0.717) is 23.2 Å². The maximum Gasteiger partial charge on any atom is 0.254 e. The second kappa shape index (κ2) is 6.85. The number of aromatic amines is 1. The number of likely N-dealkylation sites (tertiary alicyclic amines) is 1. The monoisotopic (exact) mass is 374 g/mol. The molecule has 1 aliphatic carbocycles. The van der Waals surface area contributed by atoms with Gasteiger partial charge >= 0.3 is 0 Å². The molecule has 2 bridgehead atoms. The minimum absolute atomic E-state index is 0.0648. The smallest absolute Gasteiger partial charge is 0.254 e. The molecule has 138 valence electrons. The normalized spacial score (nSPS) is 22.5. The molecule has 1 saturated carbocycles.